The molecule has 0 bridgehead atoms. The van der Waals surface area contributed by atoms with E-state index in [4.69, 9.17) is 9.47 Å². The summed E-state index contributed by atoms with van der Waals surface area (Å²) in [7, 11) is 2.89. The number of carbonyl (C=O) groups excluding carboxylic acids is 1. The first kappa shape index (κ1) is 12.2. The van der Waals surface area contributed by atoms with Gasteiger partial charge in [0.05, 0.1) is 20.5 Å². The average molecular weight is 246 g/mol. The van der Waals surface area contributed by atoms with Crippen LogP contribution >= 0.6 is 0 Å². The number of esters is 1. The van der Waals surface area contributed by atoms with Crippen molar-refractivity contribution in [2.45, 2.75) is 6.42 Å². The minimum atomic E-state index is -0.404. The SMILES string of the molecule is COC(=O)c1cccc(Cc2cnc[nH]2)c1OC. The molecule has 94 valence electrons. The standard InChI is InChI=1S/C13H14N2O3/c1-17-12-9(6-10-7-14-8-15-10)4-3-5-11(12)13(16)18-2/h3-5,7-8H,6H2,1-2H3,(H,14,15). The summed E-state index contributed by atoms with van der Waals surface area (Å²) < 4.78 is 10.0. The highest BCUT2D eigenvalue weighted by molar-refractivity contribution is 5.93. The second kappa shape index (κ2) is 5.35. The molecular formula is C13H14N2O3. The first-order chi connectivity index (χ1) is 8.76. The van der Waals surface area contributed by atoms with Crippen molar-refractivity contribution in [3.8, 4) is 5.75 Å². The molecule has 1 aromatic heterocycles. The van der Waals surface area contributed by atoms with Gasteiger partial charge in [0.15, 0.2) is 0 Å². The fourth-order valence-corrected chi connectivity index (χ4v) is 1.82. The van der Waals surface area contributed by atoms with Crippen molar-refractivity contribution in [2.75, 3.05) is 14.2 Å². The van der Waals surface area contributed by atoms with Gasteiger partial charge in [-0.15, -0.1) is 0 Å². The predicted octanol–water partition coefficient (Wildman–Crippen LogP) is 1.80. The molecule has 0 aliphatic rings. The summed E-state index contributed by atoms with van der Waals surface area (Å²) in [5, 5.41) is 0. The molecule has 2 aromatic rings. The van der Waals surface area contributed by atoms with Crippen molar-refractivity contribution in [1.82, 2.24) is 9.97 Å². The molecule has 2 rings (SSSR count). The maximum atomic E-state index is 11.6. The van der Waals surface area contributed by atoms with Gasteiger partial charge in [-0.05, 0) is 6.07 Å². The minimum absolute atomic E-state index is 0.404. The molecule has 18 heavy (non-hydrogen) atoms. The van der Waals surface area contributed by atoms with E-state index in [0.717, 1.165) is 11.3 Å². The van der Waals surface area contributed by atoms with E-state index in [1.807, 2.05) is 6.07 Å². The van der Waals surface area contributed by atoms with Crippen LogP contribution < -0.4 is 4.74 Å². The third kappa shape index (κ3) is 2.34. The van der Waals surface area contributed by atoms with Crippen molar-refractivity contribution >= 4 is 5.97 Å². The number of benzene rings is 1. The molecule has 0 spiro atoms. The first-order valence-electron chi connectivity index (χ1n) is 5.47. The Morgan fingerprint density at radius 2 is 2.22 bits per heavy atom. The summed E-state index contributed by atoms with van der Waals surface area (Å²) in [6.07, 6.45) is 3.98. The van der Waals surface area contributed by atoms with Gasteiger partial charge in [0.1, 0.15) is 11.3 Å². The molecule has 0 radical (unpaired) electrons. The number of H-pyrrole nitrogens is 1. The van der Waals surface area contributed by atoms with Gasteiger partial charge in [0.25, 0.3) is 0 Å². The molecule has 0 unspecified atom stereocenters. The van der Waals surface area contributed by atoms with Crippen LogP contribution in [0, 0.1) is 0 Å². The number of imidazole rings is 1. The Hall–Kier alpha value is -2.30. The summed E-state index contributed by atoms with van der Waals surface area (Å²) >= 11 is 0. The quantitative estimate of drug-likeness (QED) is 0.835. The second-order valence-corrected chi connectivity index (χ2v) is 3.74. The highest BCUT2D eigenvalue weighted by atomic mass is 16.5. The smallest absolute Gasteiger partial charge is 0.341 e. The summed E-state index contributed by atoms with van der Waals surface area (Å²) in [5.41, 5.74) is 2.29. The van der Waals surface area contributed by atoms with E-state index >= 15 is 0 Å². The highest BCUT2D eigenvalue weighted by Gasteiger charge is 2.16. The first-order valence-corrected chi connectivity index (χ1v) is 5.47. The number of rotatable bonds is 4. The van der Waals surface area contributed by atoms with Crippen molar-refractivity contribution in [1.29, 1.82) is 0 Å². The largest absolute Gasteiger partial charge is 0.496 e. The van der Waals surface area contributed by atoms with Crippen LogP contribution in [0.25, 0.3) is 0 Å². The van der Waals surface area contributed by atoms with Crippen molar-refractivity contribution in [2.24, 2.45) is 0 Å². The zero-order valence-electron chi connectivity index (χ0n) is 10.3. The van der Waals surface area contributed by atoms with E-state index < -0.39 is 5.97 Å². The van der Waals surface area contributed by atoms with E-state index in [9.17, 15) is 4.79 Å². The number of aromatic nitrogens is 2. The zero-order chi connectivity index (χ0) is 13.0. The van der Waals surface area contributed by atoms with E-state index in [-0.39, 0.29) is 0 Å². The fourth-order valence-electron chi connectivity index (χ4n) is 1.82. The monoisotopic (exact) mass is 246 g/mol. The van der Waals surface area contributed by atoms with Gasteiger partial charge in [-0.3, -0.25) is 0 Å². The maximum absolute atomic E-state index is 11.6. The molecular weight excluding hydrogens is 232 g/mol. The molecule has 0 saturated carbocycles. The zero-order valence-corrected chi connectivity index (χ0v) is 10.3. The summed E-state index contributed by atoms with van der Waals surface area (Å²) in [4.78, 5) is 18.6. The summed E-state index contributed by atoms with van der Waals surface area (Å²) in [6, 6.07) is 5.40. The Morgan fingerprint density at radius 3 is 2.83 bits per heavy atom. The molecule has 0 saturated heterocycles. The van der Waals surface area contributed by atoms with Crippen LogP contribution in [0.3, 0.4) is 0 Å². The van der Waals surface area contributed by atoms with Gasteiger partial charge < -0.3 is 14.5 Å². The number of methoxy groups -OCH3 is 2. The van der Waals surface area contributed by atoms with Gasteiger partial charge in [-0.1, -0.05) is 12.1 Å². The fraction of sp³-hybridized carbons (Fsp3) is 0.231. The number of nitrogens with zero attached hydrogens (tertiary/aromatic N) is 1. The van der Waals surface area contributed by atoms with Gasteiger partial charge in [0, 0.05) is 23.9 Å². The molecule has 5 heteroatoms. The van der Waals surface area contributed by atoms with Crippen molar-refractivity contribution in [3.63, 3.8) is 0 Å². The van der Waals surface area contributed by atoms with Crippen molar-refractivity contribution < 1.29 is 14.3 Å². The molecule has 1 N–H and O–H groups in total. The van der Waals surface area contributed by atoms with E-state index in [2.05, 4.69) is 9.97 Å². The molecule has 0 aliphatic heterocycles. The van der Waals surface area contributed by atoms with Gasteiger partial charge in [-0.2, -0.15) is 0 Å². The van der Waals surface area contributed by atoms with Crippen LogP contribution in [0.1, 0.15) is 21.6 Å². The lowest BCUT2D eigenvalue weighted by Gasteiger charge is -2.11. The number of aromatic amines is 1. The third-order valence-corrected chi connectivity index (χ3v) is 2.64. The normalized spacial score (nSPS) is 10.1. The molecule has 0 atom stereocenters. The van der Waals surface area contributed by atoms with Crippen LogP contribution in [-0.4, -0.2) is 30.2 Å². The highest BCUT2D eigenvalue weighted by Crippen LogP contribution is 2.26. The van der Waals surface area contributed by atoms with Gasteiger partial charge in [0.2, 0.25) is 0 Å². The van der Waals surface area contributed by atoms with Gasteiger partial charge in [-0.25, -0.2) is 9.78 Å². The molecule has 0 fully saturated rings. The Balaban J connectivity index is 2.38. The maximum Gasteiger partial charge on any atom is 0.341 e. The summed E-state index contributed by atoms with van der Waals surface area (Å²) in [5.74, 6) is 0.136. The van der Waals surface area contributed by atoms with E-state index in [1.165, 1.54) is 14.2 Å². The van der Waals surface area contributed by atoms with Crippen LogP contribution in [0.15, 0.2) is 30.7 Å². The number of carbonyl (C=O) groups is 1. The average Bonchev–Trinajstić information content (AvgIpc) is 2.90. The molecule has 1 heterocycles. The molecule has 0 aliphatic carbocycles. The number of para-hydroxylation sites is 1. The number of hydrogen-bond donors (Lipinski definition) is 1. The third-order valence-electron chi connectivity index (χ3n) is 2.64. The van der Waals surface area contributed by atoms with Crippen LogP contribution in [0.2, 0.25) is 0 Å². The topological polar surface area (TPSA) is 64.2 Å². The number of ether oxygens (including phenoxy) is 2. The molecule has 1 aromatic carbocycles. The lowest BCUT2D eigenvalue weighted by atomic mass is 10.0. The Bertz CT molecular complexity index is 535. The minimum Gasteiger partial charge on any atom is -0.496 e. The van der Waals surface area contributed by atoms with E-state index in [0.29, 0.717) is 17.7 Å². The Kier molecular flexibility index (Phi) is 3.62. The molecule has 5 nitrogen and oxygen atoms in total. The summed E-state index contributed by atoms with van der Waals surface area (Å²) in [6.45, 7) is 0. The van der Waals surface area contributed by atoms with Gasteiger partial charge >= 0.3 is 5.97 Å². The molecule has 0 amide bonds. The van der Waals surface area contributed by atoms with Crippen LogP contribution in [0.5, 0.6) is 5.75 Å². The van der Waals surface area contributed by atoms with Crippen molar-refractivity contribution in [3.05, 3.63) is 47.5 Å². The lowest BCUT2D eigenvalue weighted by Crippen LogP contribution is -2.06. The number of nitrogens with one attached hydrogen (secondary N) is 1. The van der Waals surface area contributed by atoms with Crippen LogP contribution in [0.4, 0.5) is 0 Å². The second-order valence-electron chi connectivity index (χ2n) is 3.74. The Labute approximate surface area is 105 Å². The lowest BCUT2D eigenvalue weighted by molar-refractivity contribution is 0.0597. The number of hydrogen-bond acceptors (Lipinski definition) is 4. The Morgan fingerprint density at radius 1 is 1.39 bits per heavy atom. The predicted molar refractivity (Wildman–Crippen MR) is 65.7 cm³/mol. The van der Waals surface area contributed by atoms with Crippen LogP contribution in [-0.2, 0) is 11.2 Å². The van der Waals surface area contributed by atoms with E-state index in [1.54, 1.807) is 24.7 Å².